The number of hydrogen-bond donors (Lipinski definition) is 1. The van der Waals surface area contributed by atoms with Gasteiger partial charge in [-0.05, 0) is 43.9 Å². The average molecular weight is 450 g/mol. The summed E-state index contributed by atoms with van der Waals surface area (Å²) in [4.78, 5) is 19.2. The number of likely N-dealkylation sites (tertiary alicyclic amines) is 1. The molecule has 4 rings (SSSR count). The van der Waals surface area contributed by atoms with E-state index in [9.17, 15) is 22.0 Å². The molecule has 0 spiro atoms. The summed E-state index contributed by atoms with van der Waals surface area (Å²) >= 11 is 0. The number of carbonyl (C=O) groups is 1. The normalized spacial score (nSPS) is 24.0. The summed E-state index contributed by atoms with van der Waals surface area (Å²) in [5, 5.41) is 0. The van der Waals surface area contributed by atoms with Crippen LogP contribution in [0.1, 0.15) is 37.3 Å². The van der Waals surface area contributed by atoms with Crippen LogP contribution in [0.2, 0.25) is 0 Å². The predicted molar refractivity (Wildman–Crippen MR) is 113 cm³/mol. The molecule has 0 bridgehead atoms. The molecule has 2 aromatic rings. The number of nitrogens with one attached hydrogen (secondary N) is 1. The van der Waals surface area contributed by atoms with Crippen LogP contribution in [0.5, 0.6) is 0 Å². The van der Waals surface area contributed by atoms with Crippen molar-refractivity contribution >= 4 is 15.9 Å². The molecule has 3 unspecified atom stereocenters. The van der Waals surface area contributed by atoms with Gasteiger partial charge in [-0.25, -0.2) is 21.9 Å². The summed E-state index contributed by atoms with van der Waals surface area (Å²) < 4.78 is 54.3. The number of sulfonamides is 1. The number of amides is 1. The number of nitrogens with zero attached hydrogens (tertiary/aromatic N) is 2. The summed E-state index contributed by atoms with van der Waals surface area (Å²) in [7, 11) is -3.29. The first-order chi connectivity index (χ1) is 14.7. The molecule has 1 aromatic carbocycles. The Kier molecular flexibility index (Phi) is 6.07. The molecule has 1 aliphatic carbocycles. The van der Waals surface area contributed by atoms with Gasteiger partial charge in [0.05, 0.1) is 17.5 Å². The predicted octanol–water partition coefficient (Wildman–Crippen LogP) is 3.06. The van der Waals surface area contributed by atoms with E-state index in [0.29, 0.717) is 50.0 Å². The van der Waals surface area contributed by atoms with Gasteiger partial charge >= 0.3 is 0 Å². The highest BCUT2D eigenvalue weighted by molar-refractivity contribution is 7.88. The molecule has 1 N–H and O–H groups in total. The Morgan fingerprint density at radius 1 is 1.13 bits per heavy atom. The van der Waals surface area contributed by atoms with Gasteiger partial charge in [-0.15, -0.1) is 0 Å². The molecule has 3 atom stereocenters. The molecule has 1 amide bonds. The van der Waals surface area contributed by atoms with Crippen LogP contribution in [-0.2, 0) is 14.8 Å². The number of benzene rings is 1. The van der Waals surface area contributed by atoms with Gasteiger partial charge in [-0.1, -0.05) is 12.1 Å². The van der Waals surface area contributed by atoms with Crippen molar-refractivity contribution in [2.45, 2.75) is 37.6 Å². The Morgan fingerprint density at radius 3 is 2.58 bits per heavy atom. The minimum atomic E-state index is -3.29. The van der Waals surface area contributed by atoms with Crippen molar-refractivity contribution in [3.05, 3.63) is 53.9 Å². The second kappa shape index (κ2) is 8.63. The molecule has 0 radical (unpaired) electrons. The van der Waals surface area contributed by atoms with Gasteiger partial charge in [-0.3, -0.25) is 9.78 Å². The van der Waals surface area contributed by atoms with E-state index in [1.165, 1.54) is 18.2 Å². The molecule has 6 nitrogen and oxygen atoms in total. The van der Waals surface area contributed by atoms with Crippen molar-refractivity contribution in [3.8, 4) is 11.1 Å². The van der Waals surface area contributed by atoms with Gasteiger partial charge in [0.2, 0.25) is 15.9 Å². The molecular formula is C22H25F2N3O3S. The minimum Gasteiger partial charge on any atom is -0.342 e. The Morgan fingerprint density at radius 2 is 1.87 bits per heavy atom. The van der Waals surface area contributed by atoms with Crippen LogP contribution in [0.15, 0.2) is 36.5 Å². The smallest absolute Gasteiger partial charge is 0.226 e. The van der Waals surface area contributed by atoms with E-state index in [0.717, 1.165) is 6.26 Å². The van der Waals surface area contributed by atoms with E-state index in [1.54, 1.807) is 23.2 Å². The quantitative estimate of drug-likeness (QED) is 0.761. The lowest BCUT2D eigenvalue weighted by Crippen LogP contribution is -2.36. The Hall–Kier alpha value is -2.39. The fraction of sp³-hybridized carbons (Fsp3) is 0.455. The molecule has 2 fully saturated rings. The second-order valence-corrected chi connectivity index (χ2v) is 10.1. The fourth-order valence-electron chi connectivity index (χ4n) is 4.42. The zero-order valence-electron chi connectivity index (χ0n) is 17.2. The molecule has 2 aliphatic rings. The highest BCUT2D eigenvalue weighted by Gasteiger charge is 2.48. The highest BCUT2D eigenvalue weighted by Crippen LogP contribution is 2.50. The third-order valence-electron chi connectivity index (χ3n) is 5.95. The monoisotopic (exact) mass is 449 g/mol. The first kappa shape index (κ1) is 21.8. The van der Waals surface area contributed by atoms with E-state index < -0.39 is 21.7 Å². The van der Waals surface area contributed by atoms with Crippen molar-refractivity contribution in [1.82, 2.24) is 14.6 Å². The van der Waals surface area contributed by atoms with Crippen LogP contribution < -0.4 is 4.72 Å². The highest BCUT2D eigenvalue weighted by atomic mass is 32.2. The van der Waals surface area contributed by atoms with Crippen molar-refractivity contribution in [2.75, 3.05) is 19.3 Å². The Bertz CT molecular complexity index is 1070. The zero-order chi connectivity index (χ0) is 22.2. The van der Waals surface area contributed by atoms with E-state index in [1.807, 2.05) is 0 Å². The number of pyridine rings is 1. The van der Waals surface area contributed by atoms with Crippen LogP contribution in [0, 0.1) is 17.6 Å². The van der Waals surface area contributed by atoms with Gasteiger partial charge in [0.25, 0.3) is 0 Å². The van der Waals surface area contributed by atoms with Crippen LogP contribution in [-0.4, -0.2) is 49.6 Å². The van der Waals surface area contributed by atoms with Gasteiger partial charge in [0.15, 0.2) is 0 Å². The molecule has 1 aliphatic heterocycles. The fourth-order valence-corrected chi connectivity index (χ4v) is 5.26. The molecule has 2 heterocycles. The maximum absolute atomic E-state index is 14.4. The van der Waals surface area contributed by atoms with E-state index in [-0.39, 0.29) is 29.3 Å². The SMILES string of the molecule is CS(=O)(=O)NC1CCCN(C(=O)C2CC2c2ncccc2-c2c(F)cccc2F)CC1. The van der Waals surface area contributed by atoms with E-state index >= 15 is 0 Å². The number of rotatable bonds is 5. The Balaban J connectivity index is 1.48. The maximum atomic E-state index is 14.4. The molecule has 1 aromatic heterocycles. The largest absolute Gasteiger partial charge is 0.342 e. The standard InChI is InChI=1S/C22H25F2N3O3S/c1-31(29,30)26-14-5-4-11-27(12-9-14)22(28)17-13-16(17)21-15(6-3-10-25-21)20-18(23)7-2-8-19(20)24/h2-3,6-8,10,14,16-17,26H,4-5,9,11-13H2,1H3. The molecule has 166 valence electrons. The number of hydrogen-bond acceptors (Lipinski definition) is 4. The lowest BCUT2D eigenvalue weighted by atomic mass is 9.99. The molecule has 1 saturated heterocycles. The third-order valence-corrected chi connectivity index (χ3v) is 6.71. The van der Waals surface area contributed by atoms with Crippen LogP contribution in [0.4, 0.5) is 8.78 Å². The topological polar surface area (TPSA) is 79.4 Å². The third kappa shape index (κ3) is 4.93. The summed E-state index contributed by atoms with van der Waals surface area (Å²) in [5.74, 6) is -1.78. The van der Waals surface area contributed by atoms with E-state index in [4.69, 9.17) is 0 Å². The van der Waals surface area contributed by atoms with Gasteiger partial charge in [-0.2, -0.15) is 0 Å². The minimum absolute atomic E-state index is 0.00406. The van der Waals surface area contributed by atoms with Crippen LogP contribution in [0.25, 0.3) is 11.1 Å². The second-order valence-electron chi connectivity index (χ2n) is 8.32. The van der Waals surface area contributed by atoms with E-state index in [2.05, 4.69) is 9.71 Å². The summed E-state index contributed by atoms with van der Waals surface area (Å²) in [6.45, 7) is 1.05. The number of aromatic nitrogens is 1. The molecule has 9 heteroatoms. The van der Waals surface area contributed by atoms with Crippen molar-refractivity contribution < 1.29 is 22.0 Å². The van der Waals surface area contributed by atoms with Crippen LogP contribution in [0.3, 0.4) is 0 Å². The lowest BCUT2D eigenvalue weighted by Gasteiger charge is -2.21. The van der Waals surface area contributed by atoms with Crippen molar-refractivity contribution in [3.63, 3.8) is 0 Å². The maximum Gasteiger partial charge on any atom is 0.226 e. The Labute approximate surface area is 180 Å². The zero-order valence-corrected chi connectivity index (χ0v) is 18.0. The number of carbonyl (C=O) groups excluding carboxylic acids is 1. The first-order valence-corrected chi connectivity index (χ1v) is 12.3. The molecule has 31 heavy (non-hydrogen) atoms. The van der Waals surface area contributed by atoms with Gasteiger partial charge < -0.3 is 4.90 Å². The van der Waals surface area contributed by atoms with Crippen molar-refractivity contribution in [1.29, 1.82) is 0 Å². The van der Waals surface area contributed by atoms with Gasteiger partial charge in [0, 0.05) is 42.7 Å². The summed E-state index contributed by atoms with van der Waals surface area (Å²) in [6, 6.07) is 6.84. The first-order valence-electron chi connectivity index (χ1n) is 10.4. The number of halogens is 2. The van der Waals surface area contributed by atoms with Gasteiger partial charge in [0.1, 0.15) is 11.6 Å². The molecule has 1 saturated carbocycles. The lowest BCUT2D eigenvalue weighted by molar-refractivity contribution is -0.132. The van der Waals surface area contributed by atoms with Crippen LogP contribution >= 0.6 is 0 Å². The van der Waals surface area contributed by atoms with Crippen molar-refractivity contribution in [2.24, 2.45) is 5.92 Å². The molecular weight excluding hydrogens is 424 g/mol. The summed E-state index contributed by atoms with van der Waals surface area (Å²) in [6.07, 6.45) is 5.25. The summed E-state index contributed by atoms with van der Waals surface area (Å²) in [5.41, 5.74) is 0.802. The average Bonchev–Trinajstić information content (AvgIpc) is 3.51.